The van der Waals surface area contributed by atoms with E-state index in [1.165, 1.54) is 14.2 Å². The van der Waals surface area contributed by atoms with Gasteiger partial charge in [0.2, 0.25) is 0 Å². The van der Waals surface area contributed by atoms with Crippen molar-refractivity contribution in [2.24, 2.45) is 5.92 Å². The van der Waals surface area contributed by atoms with Crippen molar-refractivity contribution in [1.29, 1.82) is 0 Å². The number of carbonyl (C=O) groups excluding carboxylic acids is 2. The van der Waals surface area contributed by atoms with Gasteiger partial charge in [0.15, 0.2) is 0 Å². The number of likely N-dealkylation sites (N-methyl/N-ethyl adjacent to an activating group) is 1. The second kappa shape index (κ2) is 7.48. The molecule has 0 aromatic carbocycles. The third-order valence-corrected chi connectivity index (χ3v) is 2.28. The van der Waals surface area contributed by atoms with Crippen LogP contribution in [0.25, 0.3) is 0 Å². The van der Waals surface area contributed by atoms with Gasteiger partial charge in [-0.05, 0) is 6.42 Å². The van der Waals surface area contributed by atoms with Gasteiger partial charge in [-0.3, -0.25) is 9.59 Å². The van der Waals surface area contributed by atoms with Crippen LogP contribution in [0, 0.1) is 5.92 Å². The van der Waals surface area contributed by atoms with Crippen LogP contribution in [0.3, 0.4) is 0 Å². The van der Waals surface area contributed by atoms with E-state index in [0.29, 0.717) is 6.42 Å². The number of hydrogen-bond donors (Lipinski definition) is 2. The van der Waals surface area contributed by atoms with Crippen LogP contribution in [0.2, 0.25) is 0 Å². The van der Waals surface area contributed by atoms with Gasteiger partial charge < -0.3 is 20.1 Å². The second-order valence-corrected chi connectivity index (χ2v) is 3.56. The summed E-state index contributed by atoms with van der Waals surface area (Å²) in [6.07, 6.45) is 0.427. The van der Waals surface area contributed by atoms with Crippen molar-refractivity contribution < 1.29 is 24.2 Å². The van der Waals surface area contributed by atoms with Crippen LogP contribution in [0.1, 0.15) is 13.3 Å². The molecule has 2 N–H and O–H groups in total. The van der Waals surface area contributed by atoms with Crippen LogP contribution >= 0.6 is 0 Å². The molecule has 0 aromatic rings. The number of aliphatic carboxylic acids is 1. The Morgan fingerprint density at radius 2 is 2.00 bits per heavy atom. The van der Waals surface area contributed by atoms with Crippen LogP contribution < -0.4 is 5.32 Å². The predicted octanol–water partition coefficient (Wildman–Crippen LogP) is -0.0884. The molecule has 0 bridgehead atoms. The zero-order valence-corrected chi connectivity index (χ0v) is 10.2. The molecule has 0 aromatic heterocycles. The van der Waals surface area contributed by atoms with Gasteiger partial charge in [0, 0.05) is 13.6 Å². The number of ether oxygens (including phenoxy) is 1. The van der Waals surface area contributed by atoms with Crippen molar-refractivity contribution in [3.8, 4) is 0 Å². The monoisotopic (exact) mass is 246 g/mol. The third-order valence-electron chi connectivity index (χ3n) is 2.28. The zero-order valence-electron chi connectivity index (χ0n) is 10.2. The van der Waals surface area contributed by atoms with Crippen LogP contribution in [-0.2, 0) is 14.3 Å². The maximum Gasteiger partial charge on any atom is 0.325 e. The highest BCUT2D eigenvalue weighted by Gasteiger charge is 2.18. The highest BCUT2D eigenvalue weighted by molar-refractivity contribution is 5.81. The quantitative estimate of drug-likeness (QED) is 0.639. The molecule has 98 valence electrons. The first-order valence-corrected chi connectivity index (χ1v) is 5.20. The fraction of sp³-hybridized carbons (Fsp3) is 0.700. The molecule has 7 nitrogen and oxygen atoms in total. The number of nitrogens with zero attached hydrogens (tertiary/aromatic N) is 1. The first-order chi connectivity index (χ1) is 7.92. The van der Waals surface area contributed by atoms with Gasteiger partial charge in [0.05, 0.1) is 13.0 Å². The Morgan fingerprint density at radius 3 is 2.41 bits per heavy atom. The summed E-state index contributed by atoms with van der Waals surface area (Å²) in [6.45, 7) is 1.59. The van der Waals surface area contributed by atoms with Gasteiger partial charge in [-0.25, -0.2) is 4.79 Å². The standard InChI is InChI=1S/C10H18N2O5/c1-4-7(9(14)15)5-11-10(16)12(2)6-8(13)17-3/h7H,4-6H2,1-3H3,(H,11,16)(H,14,15). The van der Waals surface area contributed by atoms with Crippen molar-refractivity contribution in [2.75, 3.05) is 27.2 Å². The molecular weight excluding hydrogens is 228 g/mol. The normalized spacial score (nSPS) is 11.5. The molecule has 0 aliphatic heterocycles. The molecule has 0 heterocycles. The highest BCUT2D eigenvalue weighted by Crippen LogP contribution is 2.00. The van der Waals surface area contributed by atoms with E-state index in [4.69, 9.17) is 5.11 Å². The van der Waals surface area contributed by atoms with Gasteiger partial charge in [-0.15, -0.1) is 0 Å². The van der Waals surface area contributed by atoms with E-state index in [9.17, 15) is 14.4 Å². The predicted molar refractivity (Wildman–Crippen MR) is 59.5 cm³/mol. The number of methoxy groups -OCH3 is 1. The molecule has 17 heavy (non-hydrogen) atoms. The number of hydrogen-bond acceptors (Lipinski definition) is 4. The van der Waals surface area contributed by atoms with E-state index in [1.54, 1.807) is 6.92 Å². The molecule has 0 spiro atoms. The largest absolute Gasteiger partial charge is 0.481 e. The first kappa shape index (κ1) is 15.2. The van der Waals surface area contributed by atoms with Gasteiger partial charge in [-0.2, -0.15) is 0 Å². The minimum absolute atomic E-state index is 0.0379. The van der Waals surface area contributed by atoms with E-state index in [1.807, 2.05) is 0 Å². The molecule has 1 atom stereocenters. The molecule has 0 saturated heterocycles. The molecule has 0 saturated carbocycles. The number of amides is 2. The minimum Gasteiger partial charge on any atom is -0.481 e. The summed E-state index contributed by atoms with van der Waals surface area (Å²) < 4.78 is 4.40. The number of carboxylic acids is 1. The summed E-state index contributed by atoms with van der Waals surface area (Å²) in [5.74, 6) is -2.11. The topological polar surface area (TPSA) is 95.9 Å². The molecule has 0 rings (SSSR count). The fourth-order valence-corrected chi connectivity index (χ4v) is 1.08. The number of rotatable bonds is 6. The third kappa shape index (κ3) is 5.74. The lowest BCUT2D eigenvalue weighted by Gasteiger charge is -2.18. The summed E-state index contributed by atoms with van der Waals surface area (Å²) in [5, 5.41) is 11.2. The maximum absolute atomic E-state index is 11.5. The Balaban J connectivity index is 4.08. The van der Waals surface area contributed by atoms with Crippen molar-refractivity contribution in [3.63, 3.8) is 0 Å². The number of urea groups is 1. The average Bonchev–Trinajstić information content (AvgIpc) is 2.28. The summed E-state index contributed by atoms with van der Waals surface area (Å²) in [7, 11) is 2.65. The summed E-state index contributed by atoms with van der Waals surface area (Å²) in [4.78, 5) is 34.2. The van der Waals surface area contributed by atoms with Crippen LogP contribution in [0.15, 0.2) is 0 Å². The Kier molecular flexibility index (Phi) is 6.69. The Labute approximate surface area is 99.7 Å². The van der Waals surface area contributed by atoms with Crippen LogP contribution in [0.4, 0.5) is 4.79 Å². The molecule has 2 amide bonds. The van der Waals surface area contributed by atoms with Gasteiger partial charge in [0.25, 0.3) is 0 Å². The van der Waals surface area contributed by atoms with Crippen molar-refractivity contribution >= 4 is 18.0 Å². The zero-order chi connectivity index (χ0) is 13.4. The average molecular weight is 246 g/mol. The second-order valence-electron chi connectivity index (χ2n) is 3.56. The fourth-order valence-electron chi connectivity index (χ4n) is 1.08. The summed E-state index contributed by atoms with van der Waals surface area (Å²) >= 11 is 0. The summed E-state index contributed by atoms with van der Waals surface area (Å²) in [6, 6.07) is -0.505. The van der Waals surface area contributed by atoms with E-state index in [-0.39, 0.29) is 13.1 Å². The molecule has 0 aliphatic carbocycles. The molecule has 0 fully saturated rings. The van der Waals surface area contributed by atoms with Crippen molar-refractivity contribution in [1.82, 2.24) is 10.2 Å². The van der Waals surface area contributed by atoms with Gasteiger partial charge in [0.1, 0.15) is 6.54 Å². The lowest BCUT2D eigenvalue weighted by atomic mass is 10.1. The highest BCUT2D eigenvalue weighted by atomic mass is 16.5. The lowest BCUT2D eigenvalue weighted by Crippen LogP contribution is -2.43. The maximum atomic E-state index is 11.5. The van der Waals surface area contributed by atoms with Gasteiger partial charge >= 0.3 is 18.0 Å². The van der Waals surface area contributed by atoms with Gasteiger partial charge in [-0.1, -0.05) is 6.92 Å². The van der Waals surface area contributed by atoms with E-state index < -0.39 is 23.9 Å². The van der Waals surface area contributed by atoms with Crippen molar-refractivity contribution in [2.45, 2.75) is 13.3 Å². The number of esters is 1. The minimum atomic E-state index is -0.955. The van der Waals surface area contributed by atoms with Crippen molar-refractivity contribution in [3.05, 3.63) is 0 Å². The number of carbonyl (C=O) groups is 3. The van der Waals surface area contributed by atoms with E-state index >= 15 is 0 Å². The van der Waals surface area contributed by atoms with E-state index in [0.717, 1.165) is 4.90 Å². The molecule has 1 unspecified atom stereocenters. The Bertz CT molecular complexity index is 292. The molecule has 0 radical (unpaired) electrons. The first-order valence-electron chi connectivity index (χ1n) is 5.20. The smallest absolute Gasteiger partial charge is 0.325 e. The Hall–Kier alpha value is -1.79. The Morgan fingerprint density at radius 1 is 1.41 bits per heavy atom. The molecule has 7 heteroatoms. The number of carboxylic acid groups (broad SMARTS) is 1. The summed E-state index contributed by atoms with van der Waals surface area (Å²) in [5.41, 5.74) is 0. The van der Waals surface area contributed by atoms with Crippen LogP contribution in [-0.4, -0.2) is 55.2 Å². The number of nitrogens with one attached hydrogen (secondary N) is 1. The SMILES string of the molecule is CCC(CNC(=O)N(C)CC(=O)OC)C(=O)O. The lowest BCUT2D eigenvalue weighted by molar-refractivity contribution is -0.142. The molecular formula is C10H18N2O5. The van der Waals surface area contributed by atoms with Crippen LogP contribution in [0.5, 0.6) is 0 Å². The molecule has 0 aliphatic rings. The van der Waals surface area contributed by atoms with E-state index in [2.05, 4.69) is 10.1 Å².